The molecule has 0 atom stereocenters. The maximum atomic E-state index is 5.93. The van der Waals surface area contributed by atoms with Gasteiger partial charge >= 0.3 is 0 Å². The highest BCUT2D eigenvalue weighted by Gasteiger charge is 2.13. The lowest BCUT2D eigenvalue weighted by molar-refractivity contribution is 0.781. The first kappa shape index (κ1) is 11.1. The molecule has 0 aliphatic heterocycles. The molecular formula is C12H15N3S. The van der Waals surface area contributed by atoms with E-state index in [2.05, 4.69) is 23.5 Å². The van der Waals surface area contributed by atoms with Crippen LogP contribution in [0.15, 0.2) is 29.2 Å². The Labute approximate surface area is 99.7 Å². The molecule has 0 aliphatic carbocycles. The first-order chi connectivity index (χ1) is 7.65. The summed E-state index contributed by atoms with van der Waals surface area (Å²) < 4.78 is 1.72. The van der Waals surface area contributed by atoms with Crippen LogP contribution < -0.4 is 5.73 Å². The van der Waals surface area contributed by atoms with Gasteiger partial charge in [-0.05, 0) is 19.2 Å². The maximum Gasteiger partial charge on any atom is 0.124 e. The molecule has 2 aromatic rings. The van der Waals surface area contributed by atoms with Gasteiger partial charge in [-0.2, -0.15) is 5.10 Å². The monoisotopic (exact) mass is 233 g/mol. The van der Waals surface area contributed by atoms with Gasteiger partial charge in [0.15, 0.2) is 0 Å². The van der Waals surface area contributed by atoms with E-state index < -0.39 is 0 Å². The van der Waals surface area contributed by atoms with Gasteiger partial charge in [0, 0.05) is 23.1 Å². The zero-order valence-corrected chi connectivity index (χ0v) is 10.5. The number of anilines is 1. The normalized spacial score (nSPS) is 10.7. The van der Waals surface area contributed by atoms with Crippen LogP contribution in [-0.4, -0.2) is 16.0 Å². The Morgan fingerprint density at radius 1 is 1.31 bits per heavy atom. The van der Waals surface area contributed by atoms with Crippen LogP contribution in [0.3, 0.4) is 0 Å². The number of benzene rings is 1. The van der Waals surface area contributed by atoms with Crippen molar-refractivity contribution < 1.29 is 0 Å². The summed E-state index contributed by atoms with van der Waals surface area (Å²) in [6, 6.07) is 8.25. The van der Waals surface area contributed by atoms with Gasteiger partial charge in [-0.25, -0.2) is 0 Å². The van der Waals surface area contributed by atoms with Crippen LogP contribution in [0.1, 0.15) is 5.56 Å². The van der Waals surface area contributed by atoms with Gasteiger partial charge in [-0.1, -0.05) is 18.2 Å². The van der Waals surface area contributed by atoms with E-state index in [-0.39, 0.29) is 0 Å². The standard InChI is InChI=1S/C12H15N3S/c1-8-11(14-15(2)12(8)13)9-6-4-5-7-10(9)16-3/h4-7H,13H2,1-3H3. The zero-order valence-electron chi connectivity index (χ0n) is 9.69. The van der Waals surface area contributed by atoms with E-state index in [1.807, 2.05) is 26.1 Å². The number of hydrogen-bond acceptors (Lipinski definition) is 3. The van der Waals surface area contributed by atoms with Crippen molar-refractivity contribution in [2.45, 2.75) is 11.8 Å². The van der Waals surface area contributed by atoms with Crippen LogP contribution in [0.2, 0.25) is 0 Å². The molecule has 0 unspecified atom stereocenters. The molecule has 0 fully saturated rings. The lowest BCUT2D eigenvalue weighted by Gasteiger charge is -2.04. The van der Waals surface area contributed by atoms with Crippen LogP contribution in [-0.2, 0) is 7.05 Å². The third-order valence-electron chi connectivity index (χ3n) is 2.70. The average molecular weight is 233 g/mol. The van der Waals surface area contributed by atoms with Crippen molar-refractivity contribution >= 4 is 17.6 Å². The van der Waals surface area contributed by atoms with E-state index in [1.54, 1.807) is 16.4 Å². The quantitative estimate of drug-likeness (QED) is 0.811. The SMILES string of the molecule is CSc1ccccc1-c1nn(C)c(N)c1C. The van der Waals surface area contributed by atoms with E-state index in [0.717, 1.165) is 22.6 Å². The van der Waals surface area contributed by atoms with E-state index >= 15 is 0 Å². The van der Waals surface area contributed by atoms with Gasteiger partial charge in [-0.3, -0.25) is 4.68 Å². The summed E-state index contributed by atoms with van der Waals surface area (Å²) in [5.74, 6) is 0.728. The van der Waals surface area contributed by atoms with Crippen LogP contribution in [0, 0.1) is 6.92 Å². The summed E-state index contributed by atoms with van der Waals surface area (Å²) in [5, 5.41) is 4.47. The predicted octanol–water partition coefficient (Wildman–Crippen LogP) is 2.70. The summed E-state index contributed by atoms with van der Waals surface area (Å²) >= 11 is 1.72. The predicted molar refractivity (Wildman–Crippen MR) is 69.6 cm³/mol. The molecule has 2 N–H and O–H groups in total. The van der Waals surface area contributed by atoms with Gasteiger partial charge in [0.1, 0.15) is 5.82 Å². The Morgan fingerprint density at radius 2 is 2.00 bits per heavy atom. The van der Waals surface area contributed by atoms with Crippen molar-refractivity contribution in [3.63, 3.8) is 0 Å². The molecule has 0 amide bonds. The second-order valence-corrected chi connectivity index (χ2v) is 4.53. The van der Waals surface area contributed by atoms with Crippen molar-refractivity contribution in [3.8, 4) is 11.3 Å². The Kier molecular flexibility index (Phi) is 2.92. The second-order valence-electron chi connectivity index (χ2n) is 3.68. The highest BCUT2D eigenvalue weighted by molar-refractivity contribution is 7.98. The summed E-state index contributed by atoms with van der Waals surface area (Å²) in [6.07, 6.45) is 2.07. The lowest BCUT2D eigenvalue weighted by atomic mass is 10.1. The lowest BCUT2D eigenvalue weighted by Crippen LogP contribution is -1.97. The van der Waals surface area contributed by atoms with E-state index in [1.165, 1.54) is 4.90 Å². The third-order valence-corrected chi connectivity index (χ3v) is 3.50. The van der Waals surface area contributed by atoms with Crippen LogP contribution >= 0.6 is 11.8 Å². The van der Waals surface area contributed by atoms with E-state index in [4.69, 9.17) is 5.73 Å². The van der Waals surface area contributed by atoms with Gasteiger partial charge in [-0.15, -0.1) is 11.8 Å². The number of nitrogens with two attached hydrogens (primary N) is 1. The van der Waals surface area contributed by atoms with Crippen molar-refractivity contribution in [1.82, 2.24) is 9.78 Å². The van der Waals surface area contributed by atoms with Crippen LogP contribution in [0.5, 0.6) is 0 Å². The Balaban J connectivity index is 2.63. The van der Waals surface area contributed by atoms with E-state index in [9.17, 15) is 0 Å². The summed E-state index contributed by atoms with van der Waals surface area (Å²) in [4.78, 5) is 1.23. The molecule has 1 aromatic heterocycles. The molecule has 2 rings (SSSR count). The van der Waals surface area contributed by atoms with Gasteiger partial charge < -0.3 is 5.73 Å². The molecule has 1 aromatic carbocycles. The minimum atomic E-state index is 0.728. The third kappa shape index (κ3) is 1.69. The Morgan fingerprint density at radius 3 is 2.56 bits per heavy atom. The smallest absolute Gasteiger partial charge is 0.124 e. The number of aryl methyl sites for hydroxylation is 1. The summed E-state index contributed by atoms with van der Waals surface area (Å²) in [6.45, 7) is 2.01. The molecule has 0 spiro atoms. The van der Waals surface area contributed by atoms with E-state index in [0.29, 0.717) is 0 Å². The Hall–Kier alpha value is -1.42. The maximum absolute atomic E-state index is 5.93. The molecule has 0 saturated carbocycles. The van der Waals surface area contributed by atoms with Crippen LogP contribution in [0.4, 0.5) is 5.82 Å². The highest BCUT2D eigenvalue weighted by Crippen LogP contribution is 2.32. The number of thioether (sulfide) groups is 1. The fourth-order valence-electron chi connectivity index (χ4n) is 1.74. The molecule has 0 radical (unpaired) electrons. The molecule has 3 nitrogen and oxygen atoms in total. The first-order valence-electron chi connectivity index (χ1n) is 5.07. The number of nitrogen functional groups attached to an aromatic ring is 1. The van der Waals surface area contributed by atoms with Gasteiger partial charge in [0.2, 0.25) is 0 Å². The number of hydrogen-bond donors (Lipinski definition) is 1. The van der Waals surface area contributed by atoms with Crippen molar-refractivity contribution in [3.05, 3.63) is 29.8 Å². The molecule has 16 heavy (non-hydrogen) atoms. The largest absolute Gasteiger partial charge is 0.384 e. The molecule has 84 valence electrons. The summed E-state index contributed by atoms with van der Waals surface area (Å²) in [5.41, 5.74) is 9.10. The fraction of sp³-hybridized carbons (Fsp3) is 0.250. The average Bonchev–Trinajstić information content (AvgIpc) is 2.57. The zero-order chi connectivity index (χ0) is 11.7. The molecule has 1 heterocycles. The minimum absolute atomic E-state index is 0.728. The molecular weight excluding hydrogens is 218 g/mol. The first-order valence-corrected chi connectivity index (χ1v) is 6.30. The summed E-state index contributed by atoms with van der Waals surface area (Å²) in [7, 11) is 1.87. The fourth-order valence-corrected chi connectivity index (χ4v) is 2.34. The van der Waals surface area contributed by atoms with Crippen molar-refractivity contribution in [2.75, 3.05) is 12.0 Å². The highest BCUT2D eigenvalue weighted by atomic mass is 32.2. The van der Waals surface area contributed by atoms with Crippen molar-refractivity contribution in [2.24, 2.45) is 7.05 Å². The number of aromatic nitrogens is 2. The molecule has 4 heteroatoms. The topological polar surface area (TPSA) is 43.8 Å². The Bertz CT molecular complexity index is 517. The number of rotatable bonds is 2. The van der Waals surface area contributed by atoms with Crippen LogP contribution in [0.25, 0.3) is 11.3 Å². The number of nitrogens with zero attached hydrogens (tertiary/aromatic N) is 2. The molecule has 0 saturated heterocycles. The van der Waals surface area contributed by atoms with Gasteiger partial charge in [0.05, 0.1) is 5.69 Å². The second kappa shape index (κ2) is 4.22. The van der Waals surface area contributed by atoms with Gasteiger partial charge in [0.25, 0.3) is 0 Å². The molecule has 0 aliphatic rings. The molecule has 0 bridgehead atoms. The van der Waals surface area contributed by atoms with Crippen molar-refractivity contribution in [1.29, 1.82) is 0 Å². The minimum Gasteiger partial charge on any atom is -0.384 e.